The molecule has 0 atom stereocenters. The smallest absolute Gasteiger partial charge is 1.00 e. The van der Waals surface area contributed by atoms with Crippen molar-refractivity contribution in [2.45, 2.75) is 121 Å². The first-order chi connectivity index (χ1) is 20.3. The number of halogens is 2. The van der Waals surface area contributed by atoms with Crippen LogP contribution in [-0.4, -0.2) is 3.81 Å². The molecule has 10 rings (SSSR count). The molecule has 0 N–H and O–H groups in total. The molecule has 8 aliphatic carbocycles. The van der Waals surface area contributed by atoms with E-state index < -0.39 is 17.4 Å². The quantitative estimate of drug-likeness (QED) is 0.375. The van der Waals surface area contributed by atoms with Gasteiger partial charge in [-0.3, -0.25) is 0 Å². The van der Waals surface area contributed by atoms with E-state index in [1.54, 1.807) is 28.7 Å². The van der Waals surface area contributed by atoms with Crippen LogP contribution in [0.15, 0.2) is 52.4 Å². The minimum atomic E-state index is -1.83. The Bertz CT molecular complexity index is 1440. The summed E-state index contributed by atoms with van der Waals surface area (Å²) in [6, 6.07) is 13.1. The van der Waals surface area contributed by atoms with Gasteiger partial charge in [0.15, 0.2) is 0 Å². The second-order valence-corrected chi connectivity index (χ2v) is 19.1. The van der Waals surface area contributed by atoms with Gasteiger partial charge < -0.3 is 24.8 Å². The molecule has 2 aromatic rings. The molecule has 8 aliphatic rings. The summed E-state index contributed by atoms with van der Waals surface area (Å²) in [7, 11) is 0. The average Bonchev–Trinajstić information content (AvgIpc) is 3.67. The molecule has 0 heterocycles. The zero-order valence-corrected chi connectivity index (χ0v) is 28.9. The van der Waals surface area contributed by atoms with Crippen LogP contribution in [0.1, 0.15) is 137 Å². The third kappa shape index (κ3) is 5.37. The molecule has 0 unspecified atom stereocenters. The number of fused-ring (bicyclic) bond motifs is 3. The van der Waals surface area contributed by atoms with Crippen LogP contribution in [0, 0.1) is 23.7 Å². The molecular weight excluding hydrogens is 599 g/mol. The molecule has 0 nitrogen and oxygen atoms in total. The summed E-state index contributed by atoms with van der Waals surface area (Å²) in [5.41, 5.74) is 10.2. The first-order valence-corrected chi connectivity index (χ1v) is 20.0. The number of hydrogen-bond donors (Lipinski definition) is 0. The normalized spacial score (nSPS) is 28.9. The van der Waals surface area contributed by atoms with Crippen molar-refractivity contribution in [3.63, 3.8) is 0 Å². The molecule has 43 heavy (non-hydrogen) atoms. The van der Waals surface area contributed by atoms with E-state index in [1.807, 2.05) is 18.9 Å². The van der Waals surface area contributed by atoms with Crippen molar-refractivity contribution in [3.8, 4) is 11.1 Å². The fraction of sp³-hybridized carbons (Fsp3) is 0.575. The van der Waals surface area contributed by atoms with Crippen molar-refractivity contribution in [1.82, 2.24) is 0 Å². The van der Waals surface area contributed by atoms with Crippen LogP contribution in [0.2, 0.25) is 0 Å². The third-order valence-corrected chi connectivity index (χ3v) is 18.4. The molecule has 0 amide bonds. The minimum Gasteiger partial charge on any atom is -1.00 e. The van der Waals surface area contributed by atoms with Crippen molar-refractivity contribution in [2.75, 3.05) is 0 Å². The van der Waals surface area contributed by atoms with Crippen LogP contribution >= 0.6 is 0 Å². The third-order valence-electron chi connectivity index (χ3n) is 12.9. The number of benzene rings is 2. The standard InChI is InChI=1S/C25H29.C10H14.C5H5.2ClH.Ti/c1-3-7-18(8-4-1)20-11-13-24-22(15-20)17-23-16-21(12-14-25(23)24)19-9-5-2-6-10-19;1-7-2-9-4-8(1)5-10(3-7)6-9;1-2-4-5-3-1;;;/h11-15,18-19H,1-10,17H2;7-10H,1-5H2;1-3H,4H2;2*1H;/q;;;;;+2/p-2. The van der Waals surface area contributed by atoms with Crippen molar-refractivity contribution in [2.24, 2.45) is 23.7 Å². The van der Waals surface area contributed by atoms with Crippen LogP contribution in [0.5, 0.6) is 0 Å². The Labute approximate surface area is 278 Å². The fourth-order valence-corrected chi connectivity index (χ4v) is 17.5. The van der Waals surface area contributed by atoms with Gasteiger partial charge in [-0.1, -0.05) is 0 Å². The van der Waals surface area contributed by atoms with E-state index in [9.17, 15) is 0 Å². The molecule has 0 aromatic heterocycles. The van der Waals surface area contributed by atoms with E-state index in [4.69, 9.17) is 0 Å². The molecule has 0 radical (unpaired) electrons. The Morgan fingerprint density at radius 2 is 1.28 bits per heavy atom. The van der Waals surface area contributed by atoms with Gasteiger partial charge in [-0.2, -0.15) is 0 Å². The summed E-state index contributed by atoms with van der Waals surface area (Å²) in [5.74, 6) is 5.63. The number of rotatable bonds is 4. The van der Waals surface area contributed by atoms with Gasteiger partial charge in [-0.15, -0.1) is 0 Å². The van der Waals surface area contributed by atoms with Gasteiger partial charge in [0.25, 0.3) is 0 Å². The molecular formula is C40H48Cl2Ti. The largest absolute Gasteiger partial charge is 1.00 e. The monoisotopic (exact) mass is 646 g/mol. The first kappa shape index (κ1) is 30.7. The van der Waals surface area contributed by atoms with Crippen LogP contribution in [0.4, 0.5) is 0 Å². The van der Waals surface area contributed by atoms with Crippen LogP contribution in [-0.2, 0) is 23.8 Å². The Hall–Kier alpha value is -0.916. The minimum absolute atomic E-state index is 0. The molecule has 0 aliphatic heterocycles. The van der Waals surface area contributed by atoms with Gasteiger partial charge in [0.05, 0.1) is 0 Å². The number of hydrogen-bond acceptors (Lipinski definition) is 0. The second-order valence-electron chi connectivity index (χ2n) is 15.3. The van der Waals surface area contributed by atoms with Crippen molar-refractivity contribution >= 4 is 7.68 Å². The van der Waals surface area contributed by atoms with E-state index in [1.165, 1.54) is 103 Å². The van der Waals surface area contributed by atoms with Gasteiger partial charge in [-0.05, 0) is 0 Å². The first-order valence-electron chi connectivity index (χ1n) is 17.7. The number of allylic oxidation sites excluding steroid dienone is 4. The van der Waals surface area contributed by atoms with E-state index >= 15 is 0 Å². The van der Waals surface area contributed by atoms with Gasteiger partial charge in [-0.25, -0.2) is 0 Å². The second kappa shape index (κ2) is 12.7. The van der Waals surface area contributed by atoms with E-state index in [0.717, 1.165) is 35.5 Å². The molecule has 0 spiro atoms. The van der Waals surface area contributed by atoms with Crippen molar-refractivity contribution in [1.29, 1.82) is 0 Å². The zero-order valence-electron chi connectivity index (χ0n) is 25.9. The Balaban J connectivity index is 0.00000150. The maximum absolute atomic E-state index is 2.70. The van der Waals surface area contributed by atoms with Crippen LogP contribution < -0.4 is 28.7 Å². The van der Waals surface area contributed by atoms with E-state index in [-0.39, 0.29) is 24.8 Å². The zero-order chi connectivity index (χ0) is 26.9. The molecule has 6 saturated carbocycles. The average molecular weight is 648 g/mol. The summed E-state index contributed by atoms with van der Waals surface area (Å²) in [6.45, 7) is 0. The molecule has 2 aromatic carbocycles. The summed E-state index contributed by atoms with van der Waals surface area (Å²) in [5, 5.41) is 0. The SMILES string of the molecule is C1=CC[C]([Ti+2](=[C]2C3CC4CC(C3)CC2C4)[c]2c(C3CCCCC3)ccc3c2Cc2cc(C4CCCCC4)ccc2-3)=C1.[Cl-].[Cl-]. The molecule has 6 fully saturated rings. The van der Waals surface area contributed by atoms with Crippen molar-refractivity contribution < 1.29 is 42.2 Å². The maximum Gasteiger partial charge on any atom is -1.00 e. The molecule has 226 valence electrons. The Morgan fingerprint density at radius 1 is 0.628 bits per heavy atom. The van der Waals surface area contributed by atoms with Crippen molar-refractivity contribution in [3.05, 3.63) is 74.7 Å². The fourth-order valence-electron chi connectivity index (χ4n) is 11.3. The van der Waals surface area contributed by atoms with Gasteiger partial charge in [0.2, 0.25) is 0 Å². The summed E-state index contributed by atoms with van der Waals surface area (Å²) in [6.07, 6.45) is 32.0. The summed E-state index contributed by atoms with van der Waals surface area (Å²) < 4.78 is 6.07. The predicted octanol–water partition coefficient (Wildman–Crippen LogP) is 4.08. The van der Waals surface area contributed by atoms with Gasteiger partial charge >= 0.3 is 256 Å². The van der Waals surface area contributed by atoms with Gasteiger partial charge in [0.1, 0.15) is 0 Å². The van der Waals surface area contributed by atoms with E-state index in [2.05, 4.69) is 52.4 Å². The van der Waals surface area contributed by atoms with Crippen LogP contribution in [0.25, 0.3) is 11.1 Å². The Morgan fingerprint density at radius 3 is 1.93 bits per heavy atom. The molecule has 0 saturated heterocycles. The van der Waals surface area contributed by atoms with Crippen LogP contribution in [0.3, 0.4) is 0 Å². The maximum atomic E-state index is 2.70. The van der Waals surface area contributed by atoms with E-state index in [0.29, 0.717) is 0 Å². The van der Waals surface area contributed by atoms with Gasteiger partial charge in [0, 0.05) is 0 Å². The summed E-state index contributed by atoms with van der Waals surface area (Å²) in [4.78, 5) is 0. The Kier molecular flexibility index (Phi) is 9.08. The molecule has 3 heteroatoms. The summed E-state index contributed by atoms with van der Waals surface area (Å²) >= 11 is -1.83. The predicted molar refractivity (Wildman–Crippen MR) is 170 cm³/mol. The molecule has 4 bridgehead atoms. The topological polar surface area (TPSA) is 0 Å².